The van der Waals surface area contributed by atoms with E-state index in [0.717, 1.165) is 37.2 Å². The smallest absolute Gasteiger partial charge is 0.261 e. The van der Waals surface area contributed by atoms with Gasteiger partial charge in [-0.05, 0) is 75.0 Å². The zero-order valence-corrected chi connectivity index (χ0v) is 27.2. The molecule has 2 unspecified atom stereocenters. The third kappa shape index (κ3) is 5.13. The summed E-state index contributed by atoms with van der Waals surface area (Å²) in [6.07, 6.45) is 6.33. The lowest BCUT2D eigenvalue weighted by atomic mass is 10.0. The molecular formula is C38H38FN5O5. The van der Waals surface area contributed by atoms with Gasteiger partial charge >= 0.3 is 0 Å². The topological polar surface area (TPSA) is 96.3 Å². The van der Waals surface area contributed by atoms with Gasteiger partial charge in [-0.15, -0.1) is 0 Å². The van der Waals surface area contributed by atoms with Crippen LogP contribution in [0.4, 0.5) is 10.1 Å². The number of anilines is 1. The van der Waals surface area contributed by atoms with Crippen LogP contribution in [-0.4, -0.2) is 83.6 Å². The van der Waals surface area contributed by atoms with E-state index in [1.54, 1.807) is 17.2 Å². The maximum atomic E-state index is 16.3. The molecule has 1 aromatic heterocycles. The summed E-state index contributed by atoms with van der Waals surface area (Å²) in [6.45, 7) is 4.24. The molecule has 5 aliphatic heterocycles. The van der Waals surface area contributed by atoms with Crippen molar-refractivity contribution in [2.45, 2.75) is 56.7 Å². The number of fused-ring (bicyclic) bond motifs is 3. The summed E-state index contributed by atoms with van der Waals surface area (Å²) >= 11 is 0. The highest BCUT2D eigenvalue weighted by atomic mass is 19.1. The van der Waals surface area contributed by atoms with Gasteiger partial charge in [0.15, 0.2) is 23.4 Å². The van der Waals surface area contributed by atoms with Crippen molar-refractivity contribution in [2.75, 3.05) is 44.2 Å². The Balaban J connectivity index is 1.01. The average molecular weight is 664 g/mol. The fourth-order valence-corrected chi connectivity index (χ4v) is 8.42. The van der Waals surface area contributed by atoms with Crippen LogP contribution in [-0.2, 0) is 11.2 Å². The van der Waals surface area contributed by atoms with Crippen molar-refractivity contribution in [2.24, 2.45) is 0 Å². The standard InChI is InChI=1S/C38H38FN5O5/c39-28-20-26-33-36(34(28)43-16-11-24(21-43)40-37(46)32-19-23-7-1-3-9-30(23)48-32)49-31-10-4-2-8-29(31)44(33)22-27(35(26)45)38(47)42-17-12-25(13-18-42)41-14-5-6-15-41/h1-4,7-10,20,22,24-25,32H,5-6,11-19,21H2,(H,40,46). The van der Waals surface area contributed by atoms with Crippen molar-refractivity contribution in [1.82, 2.24) is 19.7 Å². The average Bonchev–Trinajstić information content (AvgIpc) is 3.91. The molecule has 3 aromatic carbocycles. The molecule has 6 heterocycles. The highest BCUT2D eigenvalue weighted by Crippen LogP contribution is 2.47. The van der Waals surface area contributed by atoms with Crippen LogP contribution in [0.2, 0.25) is 0 Å². The first-order valence-electron chi connectivity index (χ1n) is 17.5. The molecular weight excluding hydrogens is 625 g/mol. The Morgan fingerprint density at radius 3 is 2.45 bits per heavy atom. The van der Waals surface area contributed by atoms with Gasteiger partial charge in [-0.1, -0.05) is 30.3 Å². The van der Waals surface area contributed by atoms with E-state index in [9.17, 15) is 14.4 Å². The summed E-state index contributed by atoms with van der Waals surface area (Å²) < 4.78 is 30.4. The largest absolute Gasteiger partial charge is 0.480 e. The number of benzene rings is 3. The fraction of sp³-hybridized carbons (Fsp3) is 0.395. The summed E-state index contributed by atoms with van der Waals surface area (Å²) in [5, 5.41) is 3.20. The lowest BCUT2D eigenvalue weighted by molar-refractivity contribution is -0.127. The second-order valence-corrected chi connectivity index (χ2v) is 13.9. The SMILES string of the molecule is O=C(NC1CCN(c2c(F)cc3c(=O)c(C(=O)N4CCC(N5CCCC5)CC4)cn4c3c2Oc2ccccc2-4)C1)C1Cc2ccccc2O1. The number of rotatable bonds is 5. The number of amides is 2. The van der Waals surface area contributed by atoms with Crippen LogP contribution in [0.15, 0.2) is 65.6 Å². The minimum absolute atomic E-state index is 0.0298. The number of carbonyl (C=O) groups excluding carboxylic acids is 2. The Morgan fingerprint density at radius 1 is 0.898 bits per heavy atom. The Morgan fingerprint density at radius 2 is 1.65 bits per heavy atom. The lowest BCUT2D eigenvalue weighted by Crippen LogP contribution is -2.46. The number of ether oxygens (including phenoxy) is 2. The Hall–Kier alpha value is -4.90. The molecule has 10 nitrogen and oxygen atoms in total. The van der Waals surface area contributed by atoms with E-state index in [0.29, 0.717) is 62.0 Å². The summed E-state index contributed by atoms with van der Waals surface area (Å²) in [7, 11) is 0. The summed E-state index contributed by atoms with van der Waals surface area (Å²) in [6, 6.07) is 16.5. The molecule has 5 aliphatic rings. The van der Waals surface area contributed by atoms with Crippen molar-refractivity contribution in [3.8, 4) is 22.9 Å². The number of para-hydroxylation sites is 3. The van der Waals surface area contributed by atoms with Crippen LogP contribution in [0, 0.1) is 5.82 Å². The molecule has 0 radical (unpaired) electrons. The van der Waals surface area contributed by atoms with Gasteiger partial charge in [0.05, 0.1) is 11.1 Å². The highest BCUT2D eigenvalue weighted by molar-refractivity contribution is 6.01. The molecule has 2 amide bonds. The molecule has 0 saturated carbocycles. The van der Waals surface area contributed by atoms with E-state index < -0.39 is 17.3 Å². The zero-order valence-electron chi connectivity index (χ0n) is 27.2. The minimum Gasteiger partial charge on any atom is -0.480 e. The quantitative estimate of drug-likeness (QED) is 0.293. The number of pyridine rings is 1. The second-order valence-electron chi connectivity index (χ2n) is 13.9. The van der Waals surface area contributed by atoms with Gasteiger partial charge in [0.1, 0.15) is 22.5 Å². The first-order valence-corrected chi connectivity index (χ1v) is 17.5. The molecule has 3 fully saturated rings. The van der Waals surface area contributed by atoms with E-state index in [1.165, 1.54) is 18.9 Å². The second kappa shape index (κ2) is 11.9. The number of nitrogens with one attached hydrogen (secondary N) is 1. The van der Waals surface area contributed by atoms with Crippen LogP contribution in [0.5, 0.6) is 17.2 Å². The number of piperidine rings is 1. The maximum absolute atomic E-state index is 16.3. The summed E-state index contributed by atoms with van der Waals surface area (Å²) in [4.78, 5) is 47.3. The zero-order chi connectivity index (χ0) is 33.2. The van der Waals surface area contributed by atoms with Gasteiger partial charge in [-0.2, -0.15) is 0 Å². The van der Waals surface area contributed by atoms with Crippen LogP contribution in [0.1, 0.15) is 48.0 Å². The maximum Gasteiger partial charge on any atom is 0.261 e. The molecule has 2 atom stereocenters. The van der Waals surface area contributed by atoms with Crippen LogP contribution < -0.4 is 25.1 Å². The Labute approximate surface area is 283 Å². The van der Waals surface area contributed by atoms with Crippen molar-refractivity contribution < 1.29 is 23.5 Å². The molecule has 11 heteroatoms. The molecule has 0 aliphatic carbocycles. The monoisotopic (exact) mass is 663 g/mol. The van der Waals surface area contributed by atoms with Crippen molar-refractivity contribution >= 4 is 28.4 Å². The number of carbonyl (C=O) groups is 2. The number of aromatic nitrogens is 1. The first kappa shape index (κ1) is 30.2. The van der Waals surface area contributed by atoms with E-state index in [-0.39, 0.29) is 40.2 Å². The van der Waals surface area contributed by atoms with Crippen molar-refractivity contribution in [3.63, 3.8) is 0 Å². The predicted molar refractivity (Wildman–Crippen MR) is 183 cm³/mol. The molecule has 9 rings (SSSR count). The van der Waals surface area contributed by atoms with E-state index in [2.05, 4.69) is 10.2 Å². The van der Waals surface area contributed by atoms with Crippen LogP contribution in [0.25, 0.3) is 16.6 Å². The van der Waals surface area contributed by atoms with Gasteiger partial charge in [-0.25, -0.2) is 4.39 Å². The van der Waals surface area contributed by atoms with E-state index in [4.69, 9.17) is 9.47 Å². The number of hydrogen-bond acceptors (Lipinski definition) is 7. The highest BCUT2D eigenvalue weighted by Gasteiger charge is 2.37. The number of likely N-dealkylation sites (tertiary alicyclic amines) is 2. The fourth-order valence-electron chi connectivity index (χ4n) is 8.42. The normalized spacial score (nSPS) is 21.7. The molecule has 0 bridgehead atoms. The van der Waals surface area contributed by atoms with E-state index in [1.807, 2.05) is 51.9 Å². The van der Waals surface area contributed by atoms with Gasteiger partial charge in [0.25, 0.3) is 11.8 Å². The van der Waals surface area contributed by atoms with E-state index >= 15 is 4.39 Å². The van der Waals surface area contributed by atoms with Gasteiger partial charge in [-0.3, -0.25) is 14.4 Å². The minimum atomic E-state index is -0.608. The van der Waals surface area contributed by atoms with Crippen molar-refractivity contribution in [3.05, 3.63) is 88.0 Å². The van der Waals surface area contributed by atoms with Gasteiger partial charge in [0, 0.05) is 50.9 Å². The molecule has 3 saturated heterocycles. The van der Waals surface area contributed by atoms with Gasteiger partial charge in [0.2, 0.25) is 5.43 Å². The number of nitrogens with zero attached hydrogens (tertiary/aromatic N) is 4. The molecule has 1 N–H and O–H groups in total. The van der Waals surface area contributed by atoms with Crippen molar-refractivity contribution in [1.29, 1.82) is 0 Å². The van der Waals surface area contributed by atoms with Crippen LogP contribution in [0.3, 0.4) is 0 Å². The Kier molecular flexibility index (Phi) is 7.33. The lowest BCUT2D eigenvalue weighted by Gasteiger charge is -2.36. The first-order chi connectivity index (χ1) is 23.9. The predicted octanol–water partition coefficient (Wildman–Crippen LogP) is 4.63. The molecule has 49 heavy (non-hydrogen) atoms. The third-order valence-electron chi connectivity index (χ3n) is 10.9. The van der Waals surface area contributed by atoms with Crippen LogP contribution >= 0.6 is 0 Å². The summed E-state index contributed by atoms with van der Waals surface area (Å²) in [5.41, 5.74) is 1.86. The Bertz CT molecular complexity index is 2030. The number of halogens is 1. The molecule has 4 aromatic rings. The molecule has 0 spiro atoms. The number of hydrogen-bond donors (Lipinski definition) is 1. The summed E-state index contributed by atoms with van der Waals surface area (Å²) in [5.74, 6) is 0.334. The van der Waals surface area contributed by atoms with Gasteiger partial charge < -0.3 is 34.1 Å². The molecule has 252 valence electrons. The third-order valence-corrected chi connectivity index (χ3v) is 10.9.